The van der Waals surface area contributed by atoms with Gasteiger partial charge in [-0.3, -0.25) is 0 Å². The predicted molar refractivity (Wildman–Crippen MR) is 85.0 cm³/mol. The van der Waals surface area contributed by atoms with Crippen molar-refractivity contribution in [1.29, 1.82) is 0 Å². The standard InChI is InChI=1S/C17H22ClN/c1-5-10-17(4,6-2)19-11-9-14-7-8-15(18)12-16(14)13(19)3/h7-9,11-12H,3,5-6,10H2,1-2,4H3. The first-order chi connectivity index (χ1) is 9.01. The summed E-state index contributed by atoms with van der Waals surface area (Å²) < 4.78 is 0. The topological polar surface area (TPSA) is 3.24 Å². The van der Waals surface area contributed by atoms with Gasteiger partial charge in [-0.05, 0) is 43.5 Å². The minimum atomic E-state index is 0.127. The van der Waals surface area contributed by atoms with E-state index in [9.17, 15) is 0 Å². The van der Waals surface area contributed by atoms with Crippen molar-refractivity contribution >= 4 is 23.4 Å². The Labute approximate surface area is 121 Å². The third-order valence-electron chi connectivity index (χ3n) is 4.15. The molecule has 1 heterocycles. The van der Waals surface area contributed by atoms with Crippen molar-refractivity contribution in [3.63, 3.8) is 0 Å². The Bertz CT molecular complexity index is 518. The summed E-state index contributed by atoms with van der Waals surface area (Å²) in [6.07, 6.45) is 7.74. The van der Waals surface area contributed by atoms with Gasteiger partial charge in [-0.15, -0.1) is 0 Å². The molecule has 0 saturated heterocycles. The van der Waals surface area contributed by atoms with E-state index in [0.29, 0.717) is 0 Å². The number of fused-ring (bicyclic) bond motifs is 1. The summed E-state index contributed by atoms with van der Waals surface area (Å²) in [4.78, 5) is 2.31. The molecule has 1 aromatic carbocycles. The van der Waals surface area contributed by atoms with Crippen LogP contribution in [0, 0.1) is 0 Å². The molecule has 19 heavy (non-hydrogen) atoms. The van der Waals surface area contributed by atoms with Crippen molar-refractivity contribution in [2.24, 2.45) is 0 Å². The Morgan fingerprint density at radius 2 is 2.05 bits per heavy atom. The van der Waals surface area contributed by atoms with Crippen molar-refractivity contribution in [2.75, 3.05) is 0 Å². The molecule has 0 aromatic heterocycles. The van der Waals surface area contributed by atoms with E-state index in [1.165, 1.54) is 12.0 Å². The van der Waals surface area contributed by atoms with Crippen LogP contribution in [0.15, 0.2) is 31.0 Å². The second-order valence-electron chi connectivity index (χ2n) is 5.46. The van der Waals surface area contributed by atoms with Gasteiger partial charge < -0.3 is 4.90 Å². The van der Waals surface area contributed by atoms with Gasteiger partial charge in [0.25, 0.3) is 0 Å². The van der Waals surface area contributed by atoms with Crippen LogP contribution in [-0.2, 0) is 0 Å². The summed E-state index contributed by atoms with van der Waals surface area (Å²) in [5, 5.41) is 0.767. The molecule has 0 amide bonds. The van der Waals surface area contributed by atoms with Crippen LogP contribution in [0.2, 0.25) is 5.02 Å². The first-order valence-corrected chi connectivity index (χ1v) is 7.36. The van der Waals surface area contributed by atoms with Gasteiger partial charge in [0.15, 0.2) is 0 Å². The molecule has 2 heteroatoms. The number of nitrogens with zero attached hydrogens (tertiary/aromatic N) is 1. The van der Waals surface area contributed by atoms with Gasteiger partial charge >= 0.3 is 0 Å². The fourth-order valence-corrected chi connectivity index (χ4v) is 2.98. The van der Waals surface area contributed by atoms with Crippen LogP contribution < -0.4 is 0 Å². The summed E-state index contributed by atoms with van der Waals surface area (Å²) in [5.74, 6) is 0. The molecule has 0 bridgehead atoms. The van der Waals surface area contributed by atoms with Gasteiger partial charge in [-0.2, -0.15) is 0 Å². The summed E-state index contributed by atoms with van der Waals surface area (Å²) in [6.45, 7) is 11.1. The second-order valence-corrected chi connectivity index (χ2v) is 5.90. The van der Waals surface area contributed by atoms with Gasteiger partial charge in [0.2, 0.25) is 0 Å². The third-order valence-corrected chi connectivity index (χ3v) is 4.39. The fraction of sp³-hybridized carbons (Fsp3) is 0.412. The summed E-state index contributed by atoms with van der Waals surface area (Å²) in [6, 6.07) is 6.00. The number of hydrogen-bond donors (Lipinski definition) is 0. The van der Waals surface area contributed by atoms with Gasteiger partial charge in [0, 0.05) is 28.0 Å². The highest BCUT2D eigenvalue weighted by molar-refractivity contribution is 6.30. The van der Waals surface area contributed by atoms with Crippen LogP contribution in [0.4, 0.5) is 0 Å². The molecule has 0 spiro atoms. The van der Waals surface area contributed by atoms with E-state index in [1.54, 1.807) is 0 Å². The van der Waals surface area contributed by atoms with Gasteiger partial charge in [0.05, 0.1) is 0 Å². The maximum atomic E-state index is 6.12. The lowest BCUT2D eigenvalue weighted by molar-refractivity contribution is 0.214. The average Bonchev–Trinajstić information content (AvgIpc) is 2.40. The van der Waals surface area contributed by atoms with Crippen LogP contribution >= 0.6 is 11.6 Å². The fourth-order valence-electron chi connectivity index (χ4n) is 2.81. The first-order valence-electron chi connectivity index (χ1n) is 6.98. The molecule has 1 unspecified atom stereocenters. The highest BCUT2D eigenvalue weighted by atomic mass is 35.5. The molecule has 1 nitrogen and oxygen atoms in total. The van der Waals surface area contributed by atoms with E-state index in [2.05, 4.69) is 50.6 Å². The Morgan fingerprint density at radius 1 is 1.32 bits per heavy atom. The maximum Gasteiger partial charge on any atom is 0.0418 e. The van der Waals surface area contributed by atoms with Crippen molar-refractivity contribution in [2.45, 2.75) is 45.6 Å². The molecule has 1 aromatic rings. The smallest absolute Gasteiger partial charge is 0.0418 e. The quantitative estimate of drug-likeness (QED) is 0.695. The molecule has 102 valence electrons. The number of hydrogen-bond acceptors (Lipinski definition) is 1. The lowest BCUT2D eigenvalue weighted by Crippen LogP contribution is -2.41. The molecule has 0 N–H and O–H groups in total. The van der Waals surface area contributed by atoms with Crippen LogP contribution in [-0.4, -0.2) is 10.4 Å². The van der Waals surface area contributed by atoms with Crippen LogP contribution in [0.25, 0.3) is 11.8 Å². The van der Waals surface area contributed by atoms with Crippen LogP contribution in [0.1, 0.15) is 51.2 Å². The van der Waals surface area contributed by atoms with Gasteiger partial charge in [0.1, 0.15) is 0 Å². The zero-order valence-corrected chi connectivity index (χ0v) is 12.8. The van der Waals surface area contributed by atoms with Gasteiger partial charge in [-0.1, -0.05) is 44.5 Å². The lowest BCUT2D eigenvalue weighted by Gasteiger charge is -2.43. The monoisotopic (exact) mass is 275 g/mol. The molecule has 2 rings (SSSR count). The molecular formula is C17H22ClN. The van der Waals surface area contributed by atoms with E-state index in [-0.39, 0.29) is 5.54 Å². The van der Waals surface area contributed by atoms with Gasteiger partial charge in [-0.25, -0.2) is 0 Å². The Balaban J connectivity index is 2.40. The lowest BCUT2D eigenvalue weighted by atomic mass is 9.88. The molecule has 0 saturated carbocycles. The van der Waals surface area contributed by atoms with Crippen molar-refractivity contribution < 1.29 is 0 Å². The maximum absolute atomic E-state index is 6.12. The van der Waals surface area contributed by atoms with E-state index < -0.39 is 0 Å². The van der Waals surface area contributed by atoms with E-state index in [4.69, 9.17) is 11.6 Å². The average molecular weight is 276 g/mol. The van der Waals surface area contributed by atoms with E-state index in [1.807, 2.05) is 12.1 Å². The summed E-state index contributed by atoms with van der Waals surface area (Å²) >= 11 is 6.12. The Kier molecular flexibility index (Phi) is 4.05. The molecule has 0 aliphatic carbocycles. The summed E-state index contributed by atoms with van der Waals surface area (Å²) in [5.41, 5.74) is 3.52. The Hall–Kier alpha value is -1.21. The Morgan fingerprint density at radius 3 is 2.68 bits per heavy atom. The largest absolute Gasteiger partial charge is 0.342 e. The molecular weight excluding hydrogens is 254 g/mol. The predicted octanol–water partition coefficient (Wildman–Crippen LogP) is 5.57. The highest BCUT2D eigenvalue weighted by Crippen LogP contribution is 2.38. The summed E-state index contributed by atoms with van der Waals surface area (Å²) in [7, 11) is 0. The van der Waals surface area contributed by atoms with Crippen LogP contribution in [0.3, 0.4) is 0 Å². The van der Waals surface area contributed by atoms with Crippen LogP contribution in [0.5, 0.6) is 0 Å². The molecule has 0 fully saturated rings. The molecule has 1 aliphatic rings. The minimum Gasteiger partial charge on any atom is -0.342 e. The highest BCUT2D eigenvalue weighted by Gasteiger charge is 2.31. The second kappa shape index (κ2) is 5.42. The van der Waals surface area contributed by atoms with Crippen molar-refractivity contribution in [3.8, 4) is 0 Å². The SMILES string of the molecule is C=C1c2cc(Cl)ccc2C=CN1C(C)(CC)CCC. The minimum absolute atomic E-state index is 0.127. The number of halogens is 1. The van der Waals surface area contributed by atoms with E-state index in [0.717, 1.165) is 29.1 Å². The van der Waals surface area contributed by atoms with Crippen molar-refractivity contribution in [3.05, 3.63) is 47.1 Å². The van der Waals surface area contributed by atoms with Crippen molar-refractivity contribution in [1.82, 2.24) is 4.90 Å². The molecule has 0 radical (unpaired) electrons. The zero-order valence-electron chi connectivity index (χ0n) is 12.0. The normalized spacial score (nSPS) is 17.3. The number of benzene rings is 1. The number of rotatable bonds is 4. The first kappa shape index (κ1) is 14.2. The van der Waals surface area contributed by atoms with E-state index >= 15 is 0 Å². The third kappa shape index (κ3) is 2.57. The molecule has 1 aliphatic heterocycles. The molecule has 1 atom stereocenters. The zero-order chi connectivity index (χ0) is 14.0.